The van der Waals surface area contributed by atoms with Gasteiger partial charge in [-0.1, -0.05) is 31.8 Å². The Morgan fingerprint density at radius 3 is 1.72 bits per heavy atom. The molecule has 0 spiro atoms. The average molecular weight is 559 g/mol. The summed E-state index contributed by atoms with van der Waals surface area (Å²) in [4.78, 5) is 23.5. The molecule has 0 aromatic carbocycles. The van der Waals surface area contributed by atoms with E-state index >= 15 is 0 Å². The van der Waals surface area contributed by atoms with E-state index in [2.05, 4.69) is 73.6 Å². The van der Waals surface area contributed by atoms with Crippen molar-refractivity contribution in [2.45, 2.75) is 123 Å². The van der Waals surface area contributed by atoms with Crippen molar-refractivity contribution in [3.05, 3.63) is 23.8 Å². The van der Waals surface area contributed by atoms with Crippen LogP contribution in [0.15, 0.2) is 23.8 Å². The molecule has 0 heterocycles. The minimum Gasteiger partial charge on any atom is -0.462 e. The quantitative estimate of drug-likeness (QED) is 0.0864. The van der Waals surface area contributed by atoms with Crippen LogP contribution in [0.1, 0.15) is 61.3 Å². The monoisotopic (exact) mass is 558 g/mol. The van der Waals surface area contributed by atoms with Gasteiger partial charge in [0.05, 0.1) is 26.5 Å². The van der Waals surface area contributed by atoms with Crippen molar-refractivity contribution < 1.29 is 27.9 Å². The van der Waals surface area contributed by atoms with Crippen molar-refractivity contribution in [2.24, 2.45) is 0 Å². The number of rotatable bonds is 16. The van der Waals surface area contributed by atoms with Gasteiger partial charge in [-0.25, -0.2) is 9.59 Å². The third-order valence-electron chi connectivity index (χ3n) is 7.56. The smallest absolute Gasteiger partial charge is 0.333 e. The predicted molar refractivity (Wildman–Crippen MR) is 158 cm³/mol. The van der Waals surface area contributed by atoms with Crippen LogP contribution in [0, 0.1) is 0 Å². The normalized spacial score (nSPS) is 14.0. The van der Waals surface area contributed by atoms with Gasteiger partial charge < -0.3 is 18.3 Å². The maximum absolute atomic E-state index is 11.9. The van der Waals surface area contributed by atoms with E-state index < -0.39 is 24.7 Å². The summed E-state index contributed by atoms with van der Waals surface area (Å²) >= 11 is 0. The number of hydrogen-bond donors (Lipinski definition) is 0. The molecule has 36 heavy (non-hydrogen) atoms. The summed E-state index contributed by atoms with van der Waals surface area (Å²) in [5.41, 5.74) is 1.07. The maximum atomic E-state index is 11.9. The molecule has 0 radical (unpaired) electrons. The molecule has 9 heteroatoms. The number of esters is 2. The first-order chi connectivity index (χ1) is 16.1. The summed E-state index contributed by atoms with van der Waals surface area (Å²) < 4.78 is 24.5. The molecule has 0 saturated carbocycles. The Kier molecular flexibility index (Phi) is 13.3. The largest absolute Gasteiger partial charge is 0.462 e. The molecule has 0 aliphatic heterocycles. The van der Waals surface area contributed by atoms with E-state index in [-0.39, 0.29) is 22.4 Å². The van der Waals surface area contributed by atoms with Crippen LogP contribution in [0.5, 0.6) is 0 Å². The van der Waals surface area contributed by atoms with Crippen molar-refractivity contribution in [3.8, 4) is 0 Å². The molecule has 0 aliphatic carbocycles. The highest BCUT2D eigenvalue weighted by molar-refractivity contribution is 6.82. The highest BCUT2D eigenvalue weighted by Crippen LogP contribution is 2.38. The summed E-state index contributed by atoms with van der Waals surface area (Å²) in [5, 5.41) is -0.632. The van der Waals surface area contributed by atoms with Gasteiger partial charge >= 0.3 is 11.9 Å². The van der Waals surface area contributed by atoms with Gasteiger partial charge in [0.15, 0.2) is 8.32 Å². The molecule has 210 valence electrons. The van der Waals surface area contributed by atoms with E-state index in [1.165, 1.54) is 0 Å². The summed E-state index contributed by atoms with van der Waals surface area (Å²) in [6.07, 6.45) is 3.39. The third-order valence-corrected chi connectivity index (χ3v) is 19.6. The Morgan fingerprint density at radius 1 is 0.778 bits per heavy atom. The predicted octanol–water partition coefficient (Wildman–Crippen LogP) is 7.18. The van der Waals surface area contributed by atoms with Crippen LogP contribution in [-0.2, 0) is 27.9 Å². The fourth-order valence-electron chi connectivity index (χ4n) is 3.76. The van der Waals surface area contributed by atoms with Crippen LogP contribution in [0.4, 0.5) is 0 Å². The summed E-state index contributed by atoms with van der Waals surface area (Å²) in [7, 11) is -6.14. The van der Waals surface area contributed by atoms with E-state index in [4.69, 9.17) is 18.3 Å². The molecule has 0 unspecified atom stereocenters. The number of carbonyl (C=O) groups excluding carboxylic acids is 2. The van der Waals surface area contributed by atoms with Crippen molar-refractivity contribution in [1.29, 1.82) is 0 Å². The molecular formula is C27H54O6Si3. The molecule has 6 nitrogen and oxygen atoms in total. The minimum absolute atomic E-state index is 0.235. The fraction of sp³-hybridized carbons (Fsp3) is 0.778. The molecule has 0 fully saturated rings. The molecule has 0 rings (SSSR count). The molecule has 0 aromatic rings. The molecule has 0 saturated heterocycles. The first-order valence-corrected chi connectivity index (χ1v) is 22.4. The second-order valence-corrected chi connectivity index (χ2v) is 26.7. The maximum Gasteiger partial charge on any atom is 0.333 e. The van der Waals surface area contributed by atoms with E-state index in [1.54, 1.807) is 19.9 Å². The van der Waals surface area contributed by atoms with Gasteiger partial charge in [0, 0.05) is 16.4 Å². The minimum atomic E-state index is -2.29. The van der Waals surface area contributed by atoms with E-state index in [1.807, 2.05) is 6.92 Å². The molecule has 0 N–H and O–H groups in total. The van der Waals surface area contributed by atoms with Gasteiger partial charge in [-0.05, 0) is 93.5 Å². The lowest BCUT2D eigenvalue weighted by molar-refractivity contribution is -0.139. The van der Waals surface area contributed by atoms with Gasteiger partial charge in [0.2, 0.25) is 8.32 Å². The highest BCUT2D eigenvalue weighted by atomic mass is 28.4. The van der Waals surface area contributed by atoms with Crippen LogP contribution in [0.3, 0.4) is 0 Å². The van der Waals surface area contributed by atoms with Crippen LogP contribution in [0.2, 0.25) is 51.4 Å². The zero-order chi connectivity index (χ0) is 28.6. The van der Waals surface area contributed by atoms with E-state index in [0.29, 0.717) is 24.4 Å². The molecule has 0 amide bonds. The number of allylic oxidation sites excluding steroid dienone is 1. The highest BCUT2D eigenvalue weighted by Gasteiger charge is 2.51. The lowest BCUT2D eigenvalue weighted by Crippen LogP contribution is -2.65. The Labute approximate surface area is 224 Å². The second kappa shape index (κ2) is 13.7. The van der Waals surface area contributed by atoms with Crippen molar-refractivity contribution in [3.63, 3.8) is 0 Å². The van der Waals surface area contributed by atoms with Gasteiger partial charge in [-0.2, -0.15) is 0 Å². The first kappa shape index (κ1) is 35.0. The number of hydrogen-bond acceptors (Lipinski definition) is 6. The molecular weight excluding hydrogens is 505 g/mol. The van der Waals surface area contributed by atoms with Gasteiger partial charge in [0.1, 0.15) is 0 Å². The van der Waals surface area contributed by atoms with Crippen molar-refractivity contribution in [1.82, 2.24) is 0 Å². The topological polar surface area (TPSA) is 71.1 Å². The molecule has 0 aromatic heterocycles. The summed E-state index contributed by atoms with van der Waals surface area (Å²) in [6.45, 7) is 32.2. The fourth-order valence-corrected chi connectivity index (χ4v) is 13.1. The summed E-state index contributed by atoms with van der Waals surface area (Å²) in [5.74, 6) is -0.571. The first-order valence-electron chi connectivity index (χ1n) is 13.1. The zero-order valence-corrected chi connectivity index (χ0v) is 28.5. The number of ether oxygens (including phenoxy) is 2. The lowest BCUT2D eigenvalue weighted by Gasteiger charge is -2.51. The summed E-state index contributed by atoms with van der Waals surface area (Å²) in [6, 6.07) is 1.91. The van der Waals surface area contributed by atoms with Crippen LogP contribution >= 0.6 is 0 Å². The van der Waals surface area contributed by atoms with Crippen molar-refractivity contribution in [2.75, 3.05) is 13.2 Å². The Bertz CT molecular complexity index is 797. The molecule has 0 aliphatic rings. The molecule has 0 atom stereocenters. The number of carbonyl (C=O) groups is 2. The Hall–Kier alpha value is -1.01. The van der Waals surface area contributed by atoms with Gasteiger partial charge in [0.25, 0.3) is 0 Å². The van der Waals surface area contributed by atoms with E-state index in [0.717, 1.165) is 24.9 Å². The van der Waals surface area contributed by atoms with Crippen molar-refractivity contribution >= 4 is 36.6 Å². The van der Waals surface area contributed by atoms with E-state index in [9.17, 15) is 9.59 Å². The zero-order valence-electron chi connectivity index (χ0n) is 25.5. The lowest BCUT2D eigenvalue weighted by atomic mass is 10.3. The van der Waals surface area contributed by atoms with Gasteiger partial charge in [-0.15, -0.1) is 0 Å². The third kappa shape index (κ3) is 11.2. The Morgan fingerprint density at radius 2 is 1.25 bits per heavy atom. The SMILES string of the molecule is C=C(C)C(=O)OCCC[Si](C)(C)OC(C)(C)[Si](C)(C)OC(C)(C)[Si](C)(C)CCCOC(=O)/C(C)=C/C. The molecule has 0 bridgehead atoms. The van der Waals surface area contributed by atoms with Crippen LogP contribution in [0.25, 0.3) is 0 Å². The second-order valence-electron chi connectivity index (χ2n) is 12.6. The Balaban J connectivity index is 5.08. The van der Waals surface area contributed by atoms with Gasteiger partial charge in [-0.3, -0.25) is 0 Å². The van der Waals surface area contributed by atoms with Crippen LogP contribution in [-0.4, -0.2) is 60.3 Å². The standard InChI is InChI=1S/C27H54O6Si3/c1-15-23(4)25(29)31-18-16-20-34(9,10)26(5,6)33-36(13,14)27(7,8)32-35(11,12)21-17-19-30-24(28)22(2)3/h15H,2,16-21H2,1,3-14H3/b23-15+. The average Bonchev–Trinajstić information content (AvgIpc) is 2.71. The van der Waals surface area contributed by atoms with Crippen LogP contribution < -0.4 is 0 Å².